The topological polar surface area (TPSA) is 66.4 Å². The molecule has 0 spiro atoms. The van der Waals surface area contributed by atoms with Gasteiger partial charge in [-0.2, -0.15) is 0 Å². The van der Waals surface area contributed by atoms with E-state index in [0.717, 1.165) is 6.07 Å². The van der Waals surface area contributed by atoms with Crippen molar-refractivity contribution in [3.05, 3.63) is 35.4 Å². The van der Waals surface area contributed by atoms with Crippen LogP contribution in [0.1, 0.15) is 24.5 Å². The lowest BCUT2D eigenvalue weighted by Crippen LogP contribution is -2.41. The highest BCUT2D eigenvalue weighted by Gasteiger charge is 2.25. The van der Waals surface area contributed by atoms with Crippen LogP contribution in [0, 0.1) is 11.6 Å². The second-order valence-electron chi connectivity index (χ2n) is 5.04. The van der Waals surface area contributed by atoms with Crippen molar-refractivity contribution in [2.24, 2.45) is 0 Å². The van der Waals surface area contributed by atoms with Crippen molar-refractivity contribution in [2.45, 2.75) is 25.0 Å². The maximum atomic E-state index is 13.5. The Labute approximate surface area is 116 Å². The van der Waals surface area contributed by atoms with E-state index in [1.54, 1.807) is 0 Å². The summed E-state index contributed by atoms with van der Waals surface area (Å²) >= 11 is 0. The molecule has 1 aromatic rings. The monoisotopic (exact) mass is 305 g/mol. The minimum absolute atomic E-state index is 0.00225. The van der Waals surface area contributed by atoms with Crippen LogP contribution in [0.3, 0.4) is 0 Å². The molecule has 1 aromatic carbocycles. The van der Waals surface area contributed by atoms with Gasteiger partial charge in [0.15, 0.2) is 9.84 Å². The Morgan fingerprint density at radius 2 is 2.15 bits per heavy atom. The molecule has 2 rings (SSSR count). The number of aliphatic hydroxyl groups is 1. The number of halogens is 2. The molecule has 2 atom stereocenters. The number of sulfone groups is 1. The number of aliphatic hydroxyl groups excluding tert-OH is 1. The number of benzene rings is 1. The maximum Gasteiger partial charge on any atom is 0.151 e. The van der Waals surface area contributed by atoms with Gasteiger partial charge in [-0.25, -0.2) is 17.2 Å². The third kappa shape index (κ3) is 3.97. The molecule has 112 valence electrons. The highest BCUT2D eigenvalue weighted by molar-refractivity contribution is 7.91. The fourth-order valence-electron chi connectivity index (χ4n) is 2.34. The van der Waals surface area contributed by atoms with Gasteiger partial charge in [-0.1, -0.05) is 6.07 Å². The zero-order chi connectivity index (χ0) is 14.8. The van der Waals surface area contributed by atoms with Crippen LogP contribution in [0.2, 0.25) is 0 Å². The Balaban J connectivity index is 1.93. The molecule has 2 unspecified atom stereocenters. The lowest BCUT2D eigenvalue weighted by molar-refractivity contribution is 0.165. The Morgan fingerprint density at radius 3 is 2.80 bits per heavy atom. The molecule has 1 saturated heterocycles. The molecule has 0 amide bonds. The van der Waals surface area contributed by atoms with E-state index in [0.29, 0.717) is 18.9 Å². The normalized spacial score (nSPS) is 23.4. The number of nitrogens with one attached hydrogen (secondary N) is 1. The van der Waals surface area contributed by atoms with Crippen LogP contribution in [0.15, 0.2) is 18.2 Å². The van der Waals surface area contributed by atoms with Crippen LogP contribution in [0.25, 0.3) is 0 Å². The van der Waals surface area contributed by atoms with Crippen molar-refractivity contribution in [1.29, 1.82) is 0 Å². The summed E-state index contributed by atoms with van der Waals surface area (Å²) in [6.45, 7) is 0.0305. The SMILES string of the molecule is O=S1(=O)CCCC(NCC(O)c2ccc(F)cc2F)C1. The maximum absolute atomic E-state index is 13.5. The fraction of sp³-hybridized carbons (Fsp3) is 0.538. The minimum Gasteiger partial charge on any atom is -0.387 e. The number of hydrogen-bond acceptors (Lipinski definition) is 4. The van der Waals surface area contributed by atoms with Crippen molar-refractivity contribution in [2.75, 3.05) is 18.1 Å². The molecule has 0 aromatic heterocycles. The molecule has 0 bridgehead atoms. The Kier molecular flexibility index (Phi) is 4.72. The van der Waals surface area contributed by atoms with Crippen LogP contribution in [-0.4, -0.2) is 37.6 Å². The average Bonchev–Trinajstić information content (AvgIpc) is 2.35. The summed E-state index contributed by atoms with van der Waals surface area (Å²) in [7, 11) is -3.03. The van der Waals surface area contributed by atoms with E-state index in [1.165, 1.54) is 6.07 Å². The Morgan fingerprint density at radius 1 is 1.40 bits per heavy atom. The predicted molar refractivity (Wildman–Crippen MR) is 71.0 cm³/mol. The van der Waals surface area contributed by atoms with E-state index >= 15 is 0 Å². The van der Waals surface area contributed by atoms with Crippen LogP contribution in [0.4, 0.5) is 8.78 Å². The second-order valence-corrected chi connectivity index (χ2v) is 7.27. The first-order valence-corrected chi connectivity index (χ1v) is 8.26. The smallest absolute Gasteiger partial charge is 0.151 e. The zero-order valence-electron chi connectivity index (χ0n) is 10.9. The van der Waals surface area contributed by atoms with Gasteiger partial charge in [0.05, 0.1) is 17.6 Å². The molecule has 2 N–H and O–H groups in total. The number of rotatable bonds is 4. The molecule has 20 heavy (non-hydrogen) atoms. The fourth-order valence-corrected chi connectivity index (χ4v) is 4.01. The number of hydrogen-bond donors (Lipinski definition) is 2. The third-order valence-corrected chi connectivity index (χ3v) is 5.21. The van der Waals surface area contributed by atoms with Gasteiger partial charge < -0.3 is 10.4 Å². The average molecular weight is 305 g/mol. The van der Waals surface area contributed by atoms with Crippen molar-refractivity contribution in [3.63, 3.8) is 0 Å². The van der Waals surface area contributed by atoms with E-state index in [9.17, 15) is 22.3 Å². The van der Waals surface area contributed by atoms with Crippen LogP contribution in [-0.2, 0) is 9.84 Å². The summed E-state index contributed by atoms with van der Waals surface area (Å²) in [6.07, 6.45) is 0.152. The molecule has 4 nitrogen and oxygen atoms in total. The third-order valence-electron chi connectivity index (χ3n) is 3.38. The van der Waals surface area contributed by atoms with Crippen molar-refractivity contribution >= 4 is 9.84 Å². The lowest BCUT2D eigenvalue weighted by Gasteiger charge is -2.24. The molecule has 0 radical (unpaired) electrons. The van der Waals surface area contributed by atoms with Crippen molar-refractivity contribution in [1.82, 2.24) is 5.32 Å². The second kappa shape index (κ2) is 6.15. The van der Waals surface area contributed by atoms with Crippen molar-refractivity contribution < 1.29 is 22.3 Å². The molecule has 1 aliphatic heterocycles. The summed E-state index contributed by atoms with van der Waals surface area (Å²) in [6, 6.07) is 2.75. The summed E-state index contributed by atoms with van der Waals surface area (Å²) in [5, 5.41) is 12.8. The lowest BCUT2D eigenvalue weighted by atomic mass is 10.1. The van der Waals surface area contributed by atoms with Gasteiger partial charge in [0, 0.05) is 24.2 Å². The van der Waals surface area contributed by atoms with Gasteiger partial charge >= 0.3 is 0 Å². The Bertz CT molecular complexity index is 577. The standard InChI is InChI=1S/C13H17F2NO3S/c14-9-3-4-11(12(15)6-9)13(17)7-16-10-2-1-5-20(18,19)8-10/h3-4,6,10,13,16-17H,1-2,5,7-8H2. The molecule has 0 saturated carbocycles. The van der Waals surface area contributed by atoms with Crippen LogP contribution in [0.5, 0.6) is 0 Å². The summed E-state index contributed by atoms with van der Waals surface area (Å²) in [5.74, 6) is -1.29. The molecule has 7 heteroatoms. The highest BCUT2D eigenvalue weighted by atomic mass is 32.2. The first-order chi connectivity index (χ1) is 9.37. The molecular weight excluding hydrogens is 288 g/mol. The molecular formula is C13H17F2NO3S. The van der Waals surface area contributed by atoms with Gasteiger partial charge in [-0.3, -0.25) is 0 Å². The minimum atomic E-state index is -3.03. The first-order valence-electron chi connectivity index (χ1n) is 6.44. The van der Waals surface area contributed by atoms with E-state index < -0.39 is 27.6 Å². The summed E-state index contributed by atoms with van der Waals surface area (Å²) in [5.41, 5.74) is -0.00225. The summed E-state index contributed by atoms with van der Waals surface area (Å²) < 4.78 is 49.2. The van der Waals surface area contributed by atoms with E-state index in [1.807, 2.05) is 0 Å². The van der Waals surface area contributed by atoms with Crippen LogP contribution < -0.4 is 5.32 Å². The molecule has 1 aliphatic rings. The van der Waals surface area contributed by atoms with E-state index in [-0.39, 0.29) is 29.7 Å². The molecule has 1 heterocycles. The summed E-state index contributed by atoms with van der Waals surface area (Å²) in [4.78, 5) is 0. The van der Waals surface area contributed by atoms with Crippen molar-refractivity contribution in [3.8, 4) is 0 Å². The Hall–Kier alpha value is -1.05. The van der Waals surface area contributed by atoms with Gasteiger partial charge in [0.2, 0.25) is 0 Å². The molecule has 1 fully saturated rings. The van der Waals surface area contributed by atoms with Gasteiger partial charge in [-0.15, -0.1) is 0 Å². The van der Waals surface area contributed by atoms with E-state index in [2.05, 4.69) is 5.32 Å². The van der Waals surface area contributed by atoms with Gasteiger partial charge in [0.25, 0.3) is 0 Å². The van der Waals surface area contributed by atoms with Crippen LogP contribution >= 0.6 is 0 Å². The molecule has 0 aliphatic carbocycles. The van der Waals surface area contributed by atoms with E-state index in [4.69, 9.17) is 0 Å². The predicted octanol–water partition coefficient (Wildman–Crippen LogP) is 1.16. The van der Waals surface area contributed by atoms with Gasteiger partial charge in [-0.05, 0) is 18.9 Å². The highest BCUT2D eigenvalue weighted by Crippen LogP contribution is 2.18. The zero-order valence-corrected chi connectivity index (χ0v) is 11.7. The largest absolute Gasteiger partial charge is 0.387 e. The van der Waals surface area contributed by atoms with Gasteiger partial charge in [0.1, 0.15) is 11.6 Å². The quantitative estimate of drug-likeness (QED) is 0.876. The first kappa shape index (κ1) is 15.3.